The molecule has 1 aliphatic rings. The number of halogens is 1. The molecule has 2 aromatic rings. The van der Waals surface area contributed by atoms with E-state index in [2.05, 4.69) is 5.32 Å². The molecule has 2 aromatic carbocycles. The van der Waals surface area contributed by atoms with Crippen molar-refractivity contribution in [2.75, 3.05) is 13.2 Å². The van der Waals surface area contributed by atoms with E-state index in [0.717, 1.165) is 5.56 Å². The van der Waals surface area contributed by atoms with Gasteiger partial charge in [-0.15, -0.1) is 0 Å². The molecule has 1 amide bonds. The molecule has 5 nitrogen and oxygen atoms in total. The number of benzene rings is 2. The minimum atomic E-state index is -0.599. The largest absolute Gasteiger partial charge is 0.492 e. The number of ether oxygens (including phenoxy) is 2. The zero-order chi connectivity index (χ0) is 17.8. The maximum atomic E-state index is 13.0. The molecule has 0 radical (unpaired) electrons. The van der Waals surface area contributed by atoms with Crippen LogP contribution >= 0.6 is 11.6 Å². The third-order valence-corrected chi connectivity index (χ3v) is 4.30. The van der Waals surface area contributed by atoms with Gasteiger partial charge in [0.05, 0.1) is 24.1 Å². The highest BCUT2D eigenvalue weighted by molar-refractivity contribution is 6.30. The lowest BCUT2D eigenvalue weighted by atomic mass is 9.85. The van der Waals surface area contributed by atoms with E-state index in [1.807, 2.05) is 12.1 Å². The molecule has 0 aliphatic carbocycles. The van der Waals surface area contributed by atoms with Gasteiger partial charge in [-0.1, -0.05) is 35.9 Å². The van der Waals surface area contributed by atoms with Crippen molar-refractivity contribution in [3.63, 3.8) is 0 Å². The Morgan fingerprint density at radius 1 is 1.32 bits per heavy atom. The van der Waals surface area contributed by atoms with Gasteiger partial charge in [-0.05, 0) is 36.8 Å². The fourth-order valence-corrected chi connectivity index (χ4v) is 3.11. The van der Waals surface area contributed by atoms with Crippen LogP contribution in [0.15, 0.2) is 48.5 Å². The summed E-state index contributed by atoms with van der Waals surface area (Å²) in [5, 5.41) is 3.30. The molecule has 1 N–H and O–H groups in total. The molecule has 0 fully saturated rings. The van der Waals surface area contributed by atoms with Crippen LogP contribution in [0.2, 0.25) is 5.02 Å². The van der Waals surface area contributed by atoms with Crippen LogP contribution in [0.25, 0.3) is 0 Å². The number of fused-ring (bicyclic) bond motifs is 1. The second-order valence-electron chi connectivity index (χ2n) is 5.68. The summed E-state index contributed by atoms with van der Waals surface area (Å²) in [5.41, 5.74) is 1.23. The molecule has 3 rings (SSSR count). The Labute approximate surface area is 150 Å². The van der Waals surface area contributed by atoms with Crippen LogP contribution < -0.4 is 10.1 Å². The van der Waals surface area contributed by atoms with E-state index in [-0.39, 0.29) is 19.0 Å². The van der Waals surface area contributed by atoms with Crippen molar-refractivity contribution >= 4 is 23.5 Å². The molecule has 0 bridgehead atoms. The highest BCUT2D eigenvalue weighted by Gasteiger charge is 2.37. The average Bonchev–Trinajstić information content (AvgIpc) is 2.61. The molecule has 2 atom stereocenters. The maximum Gasteiger partial charge on any atom is 0.407 e. The molecule has 130 valence electrons. The van der Waals surface area contributed by atoms with Gasteiger partial charge in [0.25, 0.3) is 0 Å². The highest BCUT2D eigenvalue weighted by atomic mass is 35.5. The van der Waals surface area contributed by atoms with Gasteiger partial charge in [-0.25, -0.2) is 4.79 Å². The number of nitrogens with one attached hydrogen (secondary N) is 1. The Bertz CT molecular complexity index is 792. The predicted octanol–water partition coefficient (Wildman–Crippen LogP) is 4.02. The number of hydrogen-bond acceptors (Lipinski definition) is 4. The molecule has 6 heteroatoms. The molecular weight excluding hydrogens is 342 g/mol. The van der Waals surface area contributed by atoms with E-state index in [1.165, 1.54) is 0 Å². The van der Waals surface area contributed by atoms with Crippen molar-refractivity contribution in [1.82, 2.24) is 5.32 Å². The fourth-order valence-electron chi connectivity index (χ4n) is 2.91. The fraction of sp³-hybridized carbons (Fsp3) is 0.263. The first-order valence-corrected chi connectivity index (χ1v) is 8.42. The number of hydrogen-bond donors (Lipinski definition) is 1. The molecule has 0 spiro atoms. The lowest BCUT2D eigenvalue weighted by Gasteiger charge is -2.31. The summed E-state index contributed by atoms with van der Waals surface area (Å²) < 4.78 is 10.7. The normalized spacial score (nSPS) is 17.2. The van der Waals surface area contributed by atoms with E-state index >= 15 is 0 Å². The lowest BCUT2D eigenvalue weighted by Crippen LogP contribution is -2.41. The average molecular weight is 360 g/mol. The van der Waals surface area contributed by atoms with E-state index in [4.69, 9.17) is 21.1 Å². The summed E-state index contributed by atoms with van der Waals surface area (Å²) in [6, 6.07) is 13.6. The van der Waals surface area contributed by atoms with Gasteiger partial charge in [0.2, 0.25) is 0 Å². The number of carbonyl (C=O) groups is 2. The SMILES string of the molecule is CCOC(=O)N[C@@H](c1cccc(Cl)c1)[C@@H]1COc2ccccc2C1=O. The highest BCUT2D eigenvalue weighted by Crippen LogP contribution is 2.34. The van der Waals surface area contributed by atoms with Gasteiger partial charge in [0, 0.05) is 5.02 Å². The number of alkyl carbamates (subject to hydrolysis) is 1. The minimum absolute atomic E-state index is 0.0800. The molecule has 0 saturated carbocycles. The molecular formula is C19H18ClNO4. The number of Topliss-reactive ketones (excluding diaryl/α,β-unsaturated/α-hetero) is 1. The molecule has 1 aliphatic heterocycles. The second-order valence-corrected chi connectivity index (χ2v) is 6.11. The third-order valence-electron chi connectivity index (χ3n) is 4.07. The van der Waals surface area contributed by atoms with Crippen molar-refractivity contribution in [3.05, 3.63) is 64.7 Å². The first-order chi connectivity index (χ1) is 12.1. The van der Waals surface area contributed by atoms with Crippen LogP contribution in [0.1, 0.15) is 28.9 Å². The zero-order valence-corrected chi connectivity index (χ0v) is 14.5. The summed E-state index contributed by atoms with van der Waals surface area (Å²) in [6.07, 6.45) is -0.584. The number of rotatable bonds is 4. The van der Waals surface area contributed by atoms with Gasteiger partial charge in [-0.2, -0.15) is 0 Å². The number of ketones is 1. The Morgan fingerprint density at radius 3 is 2.88 bits per heavy atom. The van der Waals surface area contributed by atoms with Gasteiger partial charge in [-0.3, -0.25) is 4.79 Å². The van der Waals surface area contributed by atoms with Crippen LogP contribution in [-0.2, 0) is 4.74 Å². The zero-order valence-electron chi connectivity index (χ0n) is 13.7. The van der Waals surface area contributed by atoms with Crippen molar-refractivity contribution < 1.29 is 19.1 Å². The van der Waals surface area contributed by atoms with E-state index in [1.54, 1.807) is 43.3 Å². The number of carbonyl (C=O) groups excluding carboxylic acids is 2. The van der Waals surface area contributed by atoms with Gasteiger partial charge in [0.1, 0.15) is 12.4 Å². The maximum absolute atomic E-state index is 13.0. The monoisotopic (exact) mass is 359 g/mol. The van der Waals surface area contributed by atoms with Gasteiger partial charge in [0.15, 0.2) is 5.78 Å². The Kier molecular flexibility index (Phi) is 5.24. The number of amides is 1. The van der Waals surface area contributed by atoms with Gasteiger partial charge < -0.3 is 14.8 Å². The van der Waals surface area contributed by atoms with Gasteiger partial charge >= 0.3 is 6.09 Å². The molecule has 0 unspecified atom stereocenters. The van der Waals surface area contributed by atoms with Crippen molar-refractivity contribution in [1.29, 1.82) is 0 Å². The topological polar surface area (TPSA) is 64.6 Å². The Morgan fingerprint density at radius 2 is 2.12 bits per heavy atom. The van der Waals surface area contributed by atoms with Crippen LogP contribution in [-0.4, -0.2) is 25.1 Å². The summed E-state index contributed by atoms with van der Waals surface area (Å²) >= 11 is 6.08. The standard InChI is InChI=1S/C19H18ClNO4/c1-2-24-19(23)21-17(12-6-5-7-13(20)10-12)15-11-25-16-9-4-3-8-14(16)18(15)22/h3-10,15,17H,2,11H2,1H3,(H,21,23)/t15-,17-/m0/s1. The summed E-state index contributed by atoms with van der Waals surface area (Å²) in [7, 11) is 0. The van der Waals surface area contributed by atoms with E-state index in [9.17, 15) is 9.59 Å². The first-order valence-electron chi connectivity index (χ1n) is 8.05. The van der Waals surface area contributed by atoms with E-state index in [0.29, 0.717) is 16.3 Å². The van der Waals surface area contributed by atoms with Crippen molar-refractivity contribution in [3.8, 4) is 5.75 Å². The van der Waals surface area contributed by atoms with Crippen LogP contribution in [0.5, 0.6) is 5.75 Å². The van der Waals surface area contributed by atoms with Crippen molar-refractivity contribution in [2.24, 2.45) is 5.92 Å². The Balaban J connectivity index is 1.94. The molecule has 0 aromatic heterocycles. The number of para-hydroxylation sites is 1. The van der Waals surface area contributed by atoms with Crippen LogP contribution in [0.3, 0.4) is 0 Å². The summed E-state index contributed by atoms with van der Waals surface area (Å²) in [6.45, 7) is 2.13. The predicted molar refractivity (Wildman–Crippen MR) is 94.1 cm³/mol. The first kappa shape index (κ1) is 17.3. The quantitative estimate of drug-likeness (QED) is 0.895. The lowest BCUT2D eigenvalue weighted by molar-refractivity contribution is 0.0770. The molecule has 25 heavy (non-hydrogen) atoms. The third kappa shape index (κ3) is 3.77. The second kappa shape index (κ2) is 7.57. The summed E-state index contributed by atoms with van der Waals surface area (Å²) in [5.74, 6) is -0.0916. The minimum Gasteiger partial charge on any atom is -0.492 e. The van der Waals surface area contributed by atoms with Crippen molar-refractivity contribution in [2.45, 2.75) is 13.0 Å². The van der Waals surface area contributed by atoms with Crippen LogP contribution in [0, 0.1) is 5.92 Å². The van der Waals surface area contributed by atoms with E-state index < -0.39 is 18.1 Å². The molecule has 0 saturated heterocycles. The van der Waals surface area contributed by atoms with Crippen LogP contribution in [0.4, 0.5) is 4.79 Å². The summed E-state index contributed by atoms with van der Waals surface area (Å²) in [4.78, 5) is 24.9. The smallest absolute Gasteiger partial charge is 0.407 e. The molecule has 1 heterocycles. The Hall–Kier alpha value is -2.53.